The van der Waals surface area contributed by atoms with Gasteiger partial charge in [-0.05, 0) is 36.9 Å². The van der Waals surface area contributed by atoms with Crippen molar-refractivity contribution in [3.63, 3.8) is 0 Å². The van der Waals surface area contributed by atoms with Gasteiger partial charge in [-0.2, -0.15) is 0 Å². The van der Waals surface area contributed by atoms with Crippen LogP contribution in [0.2, 0.25) is 0 Å². The van der Waals surface area contributed by atoms with Crippen LogP contribution in [0.25, 0.3) is 0 Å². The molecule has 0 saturated carbocycles. The Balaban J connectivity index is 2.30. The van der Waals surface area contributed by atoms with Gasteiger partial charge in [-0.25, -0.2) is 0 Å². The highest BCUT2D eigenvalue weighted by atomic mass is 16.2. The Kier molecular flexibility index (Phi) is 4.55. The highest BCUT2D eigenvalue weighted by molar-refractivity contribution is 5.83. The lowest BCUT2D eigenvalue weighted by Gasteiger charge is -2.23. The van der Waals surface area contributed by atoms with E-state index in [9.17, 15) is 4.79 Å². The number of carbonyl (C=O) groups is 1. The molecule has 0 atom stereocenters. The van der Waals surface area contributed by atoms with Gasteiger partial charge in [0.2, 0.25) is 5.91 Å². The fourth-order valence-electron chi connectivity index (χ4n) is 1.58. The number of nitrogens with one attached hydrogen (secondary N) is 1. The summed E-state index contributed by atoms with van der Waals surface area (Å²) in [6.45, 7) is 4.96. The second kappa shape index (κ2) is 5.70. The van der Waals surface area contributed by atoms with Crippen LogP contribution in [0.1, 0.15) is 33.1 Å². The maximum Gasteiger partial charge on any atom is 0.238 e. The van der Waals surface area contributed by atoms with Crippen molar-refractivity contribution in [2.45, 2.75) is 33.1 Å². The summed E-state index contributed by atoms with van der Waals surface area (Å²) in [4.78, 5) is 11.6. The summed E-state index contributed by atoms with van der Waals surface area (Å²) < 4.78 is 1.66. The molecule has 1 heterocycles. The van der Waals surface area contributed by atoms with E-state index in [1.807, 2.05) is 24.5 Å². The molecule has 0 saturated heterocycles. The van der Waals surface area contributed by atoms with Gasteiger partial charge in [0.1, 0.15) is 0 Å². The monoisotopic (exact) mass is 223 g/mol. The molecule has 3 N–H and O–H groups in total. The van der Waals surface area contributed by atoms with Crippen molar-refractivity contribution in [3.05, 3.63) is 24.5 Å². The van der Waals surface area contributed by atoms with Crippen LogP contribution in [0, 0.1) is 5.41 Å². The zero-order valence-corrected chi connectivity index (χ0v) is 10.1. The van der Waals surface area contributed by atoms with E-state index in [0.29, 0.717) is 13.0 Å². The van der Waals surface area contributed by atoms with E-state index in [4.69, 9.17) is 5.73 Å². The molecule has 90 valence electrons. The third-order valence-electron chi connectivity index (χ3n) is 2.71. The lowest BCUT2D eigenvalue weighted by atomic mass is 9.84. The van der Waals surface area contributed by atoms with Crippen molar-refractivity contribution < 1.29 is 4.79 Å². The molecule has 1 aromatic heterocycles. The molecule has 0 unspecified atom stereocenters. The van der Waals surface area contributed by atoms with Gasteiger partial charge < -0.3 is 5.73 Å². The minimum absolute atomic E-state index is 0.0429. The molecule has 0 radical (unpaired) electrons. The van der Waals surface area contributed by atoms with E-state index >= 15 is 0 Å². The molecule has 1 amide bonds. The first-order valence-electron chi connectivity index (χ1n) is 5.66. The summed E-state index contributed by atoms with van der Waals surface area (Å²) >= 11 is 0. The predicted octanol–water partition coefficient (Wildman–Crippen LogP) is 1.71. The molecular weight excluding hydrogens is 202 g/mol. The van der Waals surface area contributed by atoms with Gasteiger partial charge in [0.25, 0.3) is 0 Å². The van der Waals surface area contributed by atoms with E-state index in [1.165, 1.54) is 0 Å². The normalized spacial score (nSPS) is 11.4. The van der Waals surface area contributed by atoms with Crippen molar-refractivity contribution in [2.24, 2.45) is 11.1 Å². The molecular formula is C12H21N3O. The number of amides is 1. The molecule has 0 bridgehead atoms. The Labute approximate surface area is 96.8 Å². The molecule has 0 aliphatic heterocycles. The summed E-state index contributed by atoms with van der Waals surface area (Å²) in [7, 11) is 0. The number of nitrogens with zero attached hydrogens (tertiary/aromatic N) is 1. The van der Waals surface area contributed by atoms with Crippen LogP contribution in [0.3, 0.4) is 0 Å². The summed E-state index contributed by atoms with van der Waals surface area (Å²) in [6, 6.07) is 3.75. The van der Waals surface area contributed by atoms with E-state index in [-0.39, 0.29) is 11.3 Å². The third kappa shape index (κ3) is 4.49. The molecule has 0 spiro atoms. The topological polar surface area (TPSA) is 60.1 Å². The van der Waals surface area contributed by atoms with Crippen LogP contribution < -0.4 is 11.2 Å². The van der Waals surface area contributed by atoms with Crippen molar-refractivity contribution in [1.82, 2.24) is 4.68 Å². The van der Waals surface area contributed by atoms with Crippen LogP contribution in [0.5, 0.6) is 0 Å². The molecule has 1 rings (SSSR count). The fourth-order valence-corrected chi connectivity index (χ4v) is 1.58. The number of hydrogen-bond donors (Lipinski definition) is 2. The number of carbonyl (C=O) groups excluding carboxylic acids is 1. The molecule has 4 heteroatoms. The largest absolute Gasteiger partial charge is 0.330 e. The van der Waals surface area contributed by atoms with Crippen LogP contribution in [0.4, 0.5) is 0 Å². The van der Waals surface area contributed by atoms with Crippen molar-refractivity contribution in [2.75, 3.05) is 12.0 Å². The molecule has 0 aromatic carbocycles. The molecule has 0 aliphatic rings. The van der Waals surface area contributed by atoms with Crippen LogP contribution in [0.15, 0.2) is 24.5 Å². The summed E-state index contributed by atoms with van der Waals surface area (Å²) in [5.41, 5.74) is 8.45. The van der Waals surface area contributed by atoms with Crippen LogP contribution in [-0.2, 0) is 4.79 Å². The molecule has 1 aromatic rings. The average Bonchev–Trinajstić information content (AvgIpc) is 2.68. The smallest absolute Gasteiger partial charge is 0.238 e. The quantitative estimate of drug-likeness (QED) is 0.771. The first-order chi connectivity index (χ1) is 7.53. The Bertz CT molecular complexity index is 317. The number of hydrogen-bond acceptors (Lipinski definition) is 2. The molecule has 16 heavy (non-hydrogen) atoms. The van der Waals surface area contributed by atoms with E-state index in [0.717, 1.165) is 12.8 Å². The van der Waals surface area contributed by atoms with Gasteiger partial charge in [0, 0.05) is 18.8 Å². The van der Waals surface area contributed by atoms with Crippen molar-refractivity contribution in [1.29, 1.82) is 0 Å². The van der Waals surface area contributed by atoms with Crippen molar-refractivity contribution in [3.8, 4) is 0 Å². The lowest BCUT2D eigenvalue weighted by molar-refractivity contribution is -0.117. The van der Waals surface area contributed by atoms with E-state index in [1.54, 1.807) is 4.68 Å². The third-order valence-corrected chi connectivity index (χ3v) is 2.71. The van der Waals surface area contributed by atoms with Crippen LogP contribution >= 0.6 is 0 Å². The van der Waals surface area contributed by atoms with Gasteiger partial charge >= 0.3 is 0 Å². The number of nitrogens with two attached hydrogens (primary N) is 1. The van der Waals surface area contributed by atoms with Gasteiger partial charge in [-0.1, -0.05) is 13.8 Å². The minimum Gasteiger partial charge on any atom is -0.330 e. The fraction of sp³-hybridized carbons (Fsp3) is 0.583. The standard InChI is InChI=1S/C12H21N3O/c1-12(2,7-8-13)6-5-11(16)14-15-9-3-4-10-15/h3-4,9-10H,5-8,13H2,1-2H3,(H,14,16). The average molecular weight is 223 g/mol. The van der Waals surface area contributed by atoms with E-state index < -0.39 is 0 Å². The maximum absolute atomic E-state index is 11.6. The predicted molar refractivity (Wildman–Crippen MR) is 65.5 cm³/mol. The van der Waals surface area contributed by atoms with Crippen molar-refractivity contribution >= 4 is 5.91 Å². The second-order valence-electron chi connectivity index (χ2n) is 4.83. The highest BCUT2D eigenvalue weighted by Gasteiger charge is 2.18. The molecule has 0 aliphatic carbocycles. The Morgan fingerprint density at radius 3 is 2.50 bits per heavy atom. The summed E-state index contributed by atoms with van der Waals surface area (Å²) in [5.74, 6) is 0.0429. The van der Waals surface area contributed by atoms with E-state index in [2.05, 4.69) is 19.3 Å². The molecule has 4 nitrogen and oxygen atoms in total. The van der Waals surface area contributed by atoms with Crippen LogP contribution in [-0.4, -0.2) is 17.1 Å². The highest BCUT2D eigenvalue weighted by Crippen LogP contribution is 2.25. The zero-order chi connectivity index (χ0) is 12.0. The first-order valence-corrected chi connectivity index (χ1v) is 5.66. The minimum atomic E-state index is 0.0429. The van der Waals surface area contributed by atoms with Gasteiger partial charge in [-0.3, -0.25) is 14.9 Å². The summed E-state index contributed by atoms with van der Waals surface area (Å²) in [6.07, 6.45) is 5.96. The Morgan fingerprint density at radius 1 is 1.31 bits per heavy atom. The van der Waals surface area contributed by atoms with Gasteiger partial charge in [0.15, 0.2) is 0 Å². The Morgan fingerprint density at radius 2 is 1.94 bits per heavy atom. The van der Waals surface area contributed by atoms with Gasteiger partial charge in [0.05, 0.1) is 0 Å². The number of aromatic nitrogens is 1. The first kappa shape index (κ1) is 12.8. The second-order valence-corrected chi connectivity index (χ2v) is 4.83. The number of rotatable bonds is 6. The summed E-state index contributed by atoms with van der Waals surface area (Å²) in [5, 5.41) is 0. The Hall–Kier alpha value is -1.29. The zero-order valence-electron chi connectivity index (χ0n) is 10.1. The SMILES string of the molecule is CC(C)(CCN)CCC(=O)Nn1cccc1. The lowest BCUT2D eigenvalue weighted by Crippen LogP contribution is -2.24. The molecule has 0 fully saturated rings. The maximum atomic E-state index is 11.6. The van der Waals surface area contributed by atoms with Gasteiger partial charge in [-0.15, -0.1) is 0 Å².